The van der Waals surface area contributed by atoms with E-state index in [4.69, 9.17) is 4.52 Å². The van der Waals surface area contributed by atoms with Crippen LogP contribution in [-0.4, -0.2) is 63.5 Å². The monoisotopic (exact) mass is 495 g/mol. The van der Waals surface area contributed by atoms with Gasteiger partial charge in [-0.15, -0.1) is 24.0 Å². The normalized spacial score (nSPS) is 15.6. The van der Waals surface area contributed by atoms with Crippen molar-refractivity contribution in [3.05, 3.63) is 53.8 Å². The second kappa shape index (κ2) is 9.37. The smallest absolute Gasteiger partial charge is 0.194 e. The predicted molar refractivity (Wildman–Crippen MR) is 119 cm³/mol. The van der Waals surface area contributed by atoms with E-state index in [0.717, 1.165) is 55.7 Å². The summed E-state index contributed by atoms with van der Waals surface area (Å²) in [6.45, 7) is 7.38. The minimum atomic E-state index is 0. The highest BCUT2D eigenvalue weighted by molar-refractivity contribution is 14.0. The average molecular weight is 495 g/mol. The molecule has 8 nitrogen and oxygen atoms in total. The van der Waals surface area contributed by atoms with E-state index in [1.807, 2.05) is 19.3 Å². The number of piperazine rings is 1. The molecule has 4 rings (SSSR count). The summed E-state index contributed by atoms with van der Waals surface area (Å²) >= 11 is 0. The van der Waals surface area contributed by atoms with E-state index in [-0.39, 0.29) is 24.0 Å². The Morgan fingerprint density at radius 1 is 1.21 bits per heavy atom. The van der Waals surface area contributed by atoms with E-state index in [0.29, 0.717) is 6.54 Å². The lowest BCUT2D eigenvalue weighted by Gasteiger charge is -2.36. The second-order valence-corrected chi connectivity index (χ2v) is 6.86. The van der Waals surface area contributed by atoms with Crippen molar-refractivity contribution in [1.82, 2.24) is 29.7 Å². The van der Waals surface area contributed by atoms with Crippen LogP contribution in [0.5, 0.6) is 0 Å². The molecule has 4 heterocycles. The fourth-order valence-electron chi connectivity index (χ4n) is 3.39. The van der Waals surface area contributed by atoms with Crippen LogP contribution in [0.25, 0.3) is 5.65 Å². The number of hydrogen-bond acceptors (Lipinski definition) is 5. The summed E-state index contributed by atoms with van der Waals surface area (Å²) in [5.74, 6) is 0.921. The van der Waals surface area contributed by atoms with Crippen molar-refractivity contribution < 1.29 is 4.52 Å². The van der Waals surface area contributed by atoms with Crippen LogP contribution in [0.15, 0.2) is 46.4 Å². The van der Waals surface area contributed by atoms with Gasteiger partial charge in [-0.2, -0.15) is 0 Å². The zero-order chi connectivity index (χ0) is 18.6. The van der Waals surface area contributed by atoms with E-state index in [9.17, 15) is 0 Å². The van der Waals surface area contributed by atoms with E-state index >= 15 is 0 Å². The largest absolute Gasteiger partial charge is 0.364 e. The maximum atomic E-state index is 4.91. The number of aryl methyl sites for hydroxylation is 1. The summed E-state index contributed by atoms with van der Waals surface area (Å²) in [5.41, 5.74) is 4.18. The van der Waals surface area contributed by atoms with E-state index in [1.54, 1.807) is 6.26 Å². The van der Waals surface area contributed by atoms with Crippen molar-refractivity contribution >= 4 is 35.6 Å². The summed E-state index contributed by atoms with van der Waals surface area (Å²) in [6, 6.07) is 6.10. The first-order chi connectivity index (χ1) is 13.2. The van der Waals surface area contributed by atoms with Crippen LogP contribution in [-0.2, 0) is 13.1 Å². The number of aromatic nitrogens is 3. The molecule has 0 atom stereocenters. The molecule has 1 aliphatic rings. The van der Waals surface area contributed by atoms with Crippen molar-refractivity contribution in [1.29, 1.82) is 0 Å². The minimum absolute atomic E-state index is 0. The number of aliphatic imine (C=N–C) groups is 1. The number of nitrogens with zero attached hydrogens (tertiary/aromatic N) is 6. The fourth-order valence-corrected chi connectivity index (χ4v) is 3.39. The van der Waals surface area contributed by atoms with Gasteiger partial charge in [-0.3, -0.25) is 9.89 Å². The summed E-state index contributed by atoms with van der Waals surface area (Å²) in [7, 11) is 1.83. The second-order valence-electron chi connectivity index (χ2n) is 6.86. The Bertz CT molecular complexity index is 914. The number of fused-ring (bicyclic) bond motifs is 1. The Morgan fingerprint density at radius 2 is 2.04 bits per heavy atom. The Hall–Kier alpha value is -2.14. The lowest BCUT2D eigenvalue weighted by atomic mass is 10.3. The molecule has 0 aliphatic carbocycles. The molecule has 0 unspecified atom stereocenters. The number of rotatable bonds is 4. The van der Waals surface area contributed by atoms with Gasteiger partial charge in [0.25, 0.3) is 0 Å². The van der Waals surface area contributed by atoms with Crippen LogP contribution >= 0.6 is 24.0 Å². The van der Waals surface area contributed by atoms with Crippen molar-refractivity contribution in [2.24, 2.45) is 4.99 Å². The molecule has 3 aromatic rings. The van der Waals surface area contributed by atoms with Gasteiger partial charge in [0.15, 0.2) is 5.96 Å². The van der Waals surface area contributed by atoms with Crippen molar-refractivity contribution in [3.8, 4) is 0 Å². The fraction of sp³-hybridized carbons (Fsp3) is 0.421. The molecule has 3 aromatic heterocycles. The van der Waals surface area contributed by atoms with Crippen LogP contribution in [0.3, 0.4) is 0 Å². The Kier molecular flexibility index (Phi) is 6.89. The molecule has 1 fully saturated rings. The maximum Gasteiger partial charge on any atom is 0.194 e. The zero-order valence-corrected chi connectivity index (χ0v) is 18.5. The van der Waals surface area contributed by atoms with Crippen LogP contribution in [0.4, 0.5) is 0 Å². The third-order valence-corrected chi connectivity index (χ3v) is 4.85. The lowest BCUT2D eigenvalue weighted by Crippen LogP contribution is -2.52. The lowest BCUT2D eigenvalue weighted by molar-refractivity contribution is 0.169. The van der Waals surface area contributed by atoms with Gasteiger partial charge in [-0.1, -0.05) is 5.16 Å². The van der Waals surface area contributed by atoms with Gasteiger partial charge < -0.3 is 19.1 Å². The summed E-state index contributed by atoms with van der Waals surface area (Å²) in [6.07, 6.45) is 5.73. The van der Waals surface area contributed by atoms with E-state index in [2.05, 4.69) is 59.9 Å². The molecule has 0 aromatic carbocycles. The molecule has 1 saturated heterocycles. The maximum absolute atomic E-state index is 4.91. The summed E-state index contributed by atoms with van der Waals surface area (Å²) in [4.78, 5) is 13.8. The Balaban J connectivity index is 0.00000225. The molecule has 1 N–H and O–H groups in total. The molecular weight excluding hydrogens is 469 g/mol. The Morgan fingerprint density at radius 3 is 2.75 bits per heavy atom. The van der Waals surface area contributed by atoms with Crippen LogP contribution in [0.1, 0.15) is 17.0 Å². The molecule has 0 bridgehead atoms. The number of guanidine groups is 1. The zero-order valence-electron chi connectivity index (χ0n) is 16.2. The Labute approximate surface area is 181 Å². The quantitative estimate of drug-likeness (QED) is 0.340. The molecular formula is C19H26IN7O. The summed E-state index contributed by atoms with van der Waals surface area (Å²) in [5, 5.41) is 7.44. The van der Waals surface area contributed by atoms with Gasteiger partial charge in [0.05, 0.1) is 17.9 Å². The van der Waals surface area contributed by atoms with Gasteiger partial charge in [-0.25, -0.2) is 4.98 Å². The van der Waals surface area contributed by atoms with Crippen molar-refractivity contribution in [2.45, 2.75) is 20.0 Å². The average Bonchev–Trinajstić information content (AvgIpc) is 3.32. The molecule has 28 heavy (non-hydrogen) atoms. The van der Waals surface area contributed by atoms with E-state index < -0.39 is 0 Å². The molecule has 0 saturated carbocycles. The number of hydrogen-bond donors (Lipinski definition) is 1. The molecule has 0 radical (unpaired) electrons. The molecule has 1 aliphatic heterocycles. The van der Waals surface area contributed by atoms with Crippen molar-refractivity contribution in [3.63, 3.8) is 0 Å². The topological polar surface area (TPSA) is 74.2 Å². The summed E-state index contributed by atoms with van der Waals surface area (Å²) < 4.78 is 6.96. The standard InChI is InChI=1S/C19H25N7O.HI/c1-15-3-5-26-14-17(22-18(26)11-15)12-21-19(20-2)25-8-6-24(7-9-25)13-16-4-10-27-23-16;/h3-5,10-11,14H,6-9,12-13H2,1-2H3,(H,20,21);1H. The first kappa shape index (κ1) is 20.6. The third-order valence-electron chi connectivity index (χ3n) is 4.85. The predicted octanol–water partition coefficient (Wildman–Crippen LogP) is 2.14. The molecule has 0 spiro atoms. The van der Waals surface area contributed by atoms with E-state index in [1.165, 1.54) is 5.56 Å². The molecule has 150 valence electrons. The van der Waals surface area contributed by atoms with Gasteiger partial charge in [-0.05, 0) is 24.6 Å². The first-order valence-electron chi connectivity index (χ1n) is 9.23. The van der Waals surface area contributed by atoms with Crippen LogP contribution in [0.2, 0.25) is 0 Å². The first-order valence-corrected chi connectivity index (χ1v) is 9.23. The highest BCUT2D eigenvalue weighted by Gasteiger charge is 2.20. The van der Waals surface area contributed by atoms with Gasteiger partial charge >= 0.3 is 0 Å². The van der Waals surface area contributed by atoms with Crippen molar-refractivity contribution in [2.75, 3.05) is 33.2 Å². The SMILES string of the molecule is CN=C(NCc1cn2ccc(C)cc2n1)N1CCN(Cc2ccon2)CC1.I. The highest BCUT2D eigenvalue weighted by atomic mass is 127. The third kappa shape index (κ3) is 4.82. The minimum Gasteiger partial charge on any atom is -0.364 e. The molecule has 9 heteroatoms. The van der Waals surface area contributed by atoms with Gasteiger partial charge in [0.2, 0.25) is 0 Å². The number of nitrogens with one attached hydrogen (secondary N) is 1. The number of halogens is 1. The number of imidazole rings is 1. The van der Waals surface area contributed by atoms with Gasteiger partial charge in [0, 0.05) is 58.2 Å². The van der Waals surface area contributed by atoms with Crippen LogP contribution in [0, 0.1) is 6.92 Å². The highest BCUT2D eigenvalue weighted by Crippen LogP contribution is 2.09. The number of pyridine rings is 1. The molecule has 0 amide bonds. The van der Waals surface area contributed by atoms with Gasteiger partial charge in [0.1, 0.15) is 11.9 Å². The van der Waals surface area contributed by atoms with Crippen LogP contribution < -0.4 is 5.32 Å².